The van der Waals surface area contributed by atoms with E-state index in [-0.39, 0.29) is 50.0 Å². The molecule has 2 saturated heterocycles. The number of piperazine rings is 1. The van der Waals surface area contributed by atoms with Crippen LogP contribution in [0.1, 0.15) is 47.9 Å². The van der Waals surface area contributed by atoms with Crippen molar-refractivity contribution in [2.75, 3.05) is 26.7 Å². The molecule has 2 fully saturated rings. The van der Waals surface area contributed by atoms with Gasteiger partial charge in [-0.25, -0.2) is 4.79 Å². The summed E-state index contributed by atoms with van der Waals surface area (Å²) >= 11 is 0. The number of benzene rings is 2. The Labute approximate surface area is 237 Å². The molecule has 2 aromatic rings. The second-order valence-corrected chi connectivity index (χ2v) is 10.4. The van der Waals surface area contributed by atoms with Gasteiger partial charge in [0.1, 0.15) is 24.6 Å². The van der Waals surface area contributed by atoms with Gasteiger partial charge in [0, 0.05) is 19.5 Å². The molecule has 0 aliphatic carbocycles. The lowest BCUT2D eigenvalue weighted by Gasteiger charge is -2.52. The standard InChI is InChI=1S/C29H35F3N4O5/c1-19-13-21(15-22(14-19)29(30,31)32)18-41-28(39)35-12-10-26(37)36-24(5-3-4-11-33)27(38)34(17-25(35)36)16-20-6-8-23(40-2)9-7-20/h6-9,13-15,24-25H,3-5,10-12,16-18,33H2,1-2H3/t24-,25+/m0/s1. The lowest BCUT2D eigenvalue weighted by atomic mass is 9.98. The second kappa shape index (κ2) is 12.8. The Morgan fingerprint density at radius 1 is 1.07 bits per heavy atom. The predicted octanol–water partition coefficient (Wildman–Crippen LogP) is 4.06. The number of hydrogen-bond donors (Lipinski definition) is 1. The number of halogens is 3. The molecule has 12 heteroatoms. The molecule has 0 unspecified atom stereocenters. The van der Waals surface area contributed by atoms with E-state index < -0.39 is 30.0 Å². The summed E-state index contributed by atoms with van der Waals surface area (Å²) in [5, 5.41) is 0. The lowest BCUT2D eigenvalue weighted by molar-refractivity contribution is -0.169. The van der Waals surface area contributed by atoms with Gasteiger partial charge in [0.05, 0.1) is 19.2 Å². The largest absolute Gasteiger partial charge is 0.497 e. The fourth-order valence-electron chi connectivity index (χ4n) is 5.38. The summed E-state index contributed by atoms with van der Waals surface area (Å²) in [6, 6.07) is 10.0. The van der Waals surface area contributed by atoms with Crippen LogP contribution in [0.3, 0.4) is 0 Å². The molecular weight excluding hydrogens is 541 g/mol. The van der Waals surface area contributed by atoms with E-state index in [2.05, 4.69) is 0 Å². The molecule has 0 bridgehead atoms. The number of unbranched alkanes of at least 4 members (excludes halogenated alkanes) is 1. The number of hydrogen-bond acceptors (Lipinski definition) is 6. The Balaban J connectivity index is 1.55. The van der Waals surface area contributed by atoms with Crippen molar-refractivity contribution >= 4 is 17.9 Å². The third-order valence-electron chi connectivity index (χ3n) is 7.38. The van der Waals surface area contributed by atoms with Gasteiger partial charge in [0.25, 0.3) is 0 Å². The summed E-state index contributed by atoms with van der Waals surface area (Å²) in [6.07, 6.45) is -4.36. The van der Waals surface area contributed by atoms with Crippen LogP contribution < -0.4 is 10.5 Å². The van der Waals surface area contributed by atoms with Crippen LogP contribution in [-0.2, 0) is 33.7 Å². The second-order valence-electron chi connectivity index (χ2n) is 10.4. The van der Waals surface area contributed by atoms with E-state index in [9.17, 15) is 27.6 Å². The normalized spacial score (nSPS) is 19.3. The highest BCUT2D eigenvalue weighted by Gasteiger charge is 2.48. The van der Waals surface area contributed by atoms with Crippen molar-refractivity contribution in [2.45, 2.75) is 64.1 Å². The minimum Gasteiger partial charge on any atom is -0.497 e. The fraction of sp³-hybridized carbons (Fsp3) is 0.483. The molecule has 4 rings (SSSR count). The minimum absolute atomic E-state index is 0.00736. The molecule has 222 valence electrons. The third-order valence-corrected chi connectivity index (χ3v) is 7.38. The molecule has 0 radical (unpaired) electrons. The quantitative estimate of drug-likeness (QED) is 0.452. The first-order valence-corrected chi connectivity index (χ1v) is 13.6. The zero-order valence-electron chi connectivity index (χ0n) is 23.2. The van der Waals surface area contributed by atoms with Crippen molar-refractivity contribution in [1.29, 1.82) is 0 Å². The van der Waals surface area contributed by atoms with Crippen molar-refractivity contribution in [3.05, 3.63) is 64.7 Å². The van der Waals surface area contributed by atoms with Crippen molar-refractivity contribution in [3.63, 3.8) is 0 Å². The van der Waals surface area contributed by atoms with Gasteiger partial charge in [-0.05, 0) is 68.1 Å². The van der Waals surface area contributed by atoms with Crippen LogP contribution in [0.15, 0.2) is 42.5 Å². The summed E-state index contributed by atoms with van der Waals surface area (Å²) in [4.78, 5) is 44.5. The summed E-state index contributed by atoms with van der Waals surface area (Å²) in [6.45, 7) is 2.02. The van der Waals surface area contributed by atoms with Gasteiger partial charge in [-0.3, -0.25) is 14.5 Å². The highest BCUT2D eigenvalue weighted by molar-refractivity contribution is 5.90. The number of methoxy groups -OCH3 is 1. The zero-order valence-corrected chi connectivity index (χ0v) is 23.2. The van der Waals surface area contributed by atoms with Gasteiger partial charge in [0.2, 0.25) is 11.8 Å². The molecule has 2 atom stereocenters. The van der Waals surface area contributed by atoms with Crippen LogP contribution in [0.4, 0.5) is 18.0 Å². The van der Waals surface area contributed by atoms with Crippen molar-refractivity contribution in [3.8, 4) is 5.75 Å². The topological polar surface area (TPSA) is 105 Å². The maximum absolute atomic E-state index is 13.6. The highest BCUT2D eigenvalue weighted by Crippen LogP contribution is 2.32. The van der Waals surface area contributed by atoms with Crippen LogP contribution in [0.25, 0.3) is 0 Å². The van der Waals surface area contributed by atoms with Crippen molar-refractivity contribution < 1.29 is 37.0 Å². The Hall–Kier alpha value is -3.80. The van der Waals surface area contributed by atoms with Gasteiger partial charge < -0.3 is 25.0 Å². The monoisotopic (exact) mass is 576 g/mol. The van der Waals surface area contributed by atoms with Crippen molar-refractivity contribution in [2.24, 2.45) is 5.73 Å². The van der Waals surface area contributed by atoms with Gasteiger partial charge in [-0.1, -0.05) is 23.8 Å². The average molecular weight is 577 g/mol. The molecule has 3 amide bonds. The Kier molecular flexibility index (Phi) is 9.42. The summed E-state index contributed by atoms with van der Waals surface area (Å²) in [5.41, 5.74) is 6.28. The number of aryl methyl sites for hydroxylation is 1. The van der Waals surface area contributed by atoms with E-state index in [0.29, 0.717) is 37.1 Å². The molecule has 2 aliphatic rings. The number of carbonyl (C=O) groups excluding carboxylic acids is 3. The van der Waals surface area contributed by atoms with Crippen LogP contribution in [-0.4, -0.2) is 71.6 Å². The van der Waals surface area contributed by atoms with Crippen LogP contribution in [0.2, 0.25) is 0 Å². The number of rotatable bonds is 9. The number of amides is 3. The minimum atomic E-state index is -4.53. The fourth-order valence-corrected chi connectivity index (χ4v) is 5.38. The van der Waals surface area contributed by atoms with E-state index in [1.54, 1.807) is 24.1 Å². The highest BCUT2D eigenvalue weighted by atomic mass is 19.4. The van der Waals surface area contributed by atoms with E-state index in [0.717, 1.165) is 17.7 Å². The number of alkyl halides is 3. The molecule has 2 aromatic carbocycles. The predicted molar refractivity (Wildman–Crippen MR) is 143 cm³/mol. The molecule has 2 aliphatic heterocycles. The summed E-state index contributed by atoms with van der Waals surface area (Å²) in [7, 11) is 1.56. The third kappa shape index (κ3) is 7.10. The Morgan fingerprint density at radius 2 is 1.80 bits per heavy atom. The molecule has 9 nitrogen and oxygen atoms in total. The first-order chi connectivity index (χ1) is 19.5. The SMILES string of the molecule is COc1ccc(CN2C[C@@H]3N(C(=O)OCc4cc(C)cc(C(F)(F)F)c4)CCC(=O)N3[C@@H](CCCCN)C2=O)cc1. The van der Waals surface area contributed by atoms with Crippen molar-refractivity contribution in [1.82, 2.24) is 14.7 Å². The summed E-state index contributed by atoms with van der Waals surface area (Å²) in [5.74, 6) is 0.229. The molecule has 0 saturated carbocycles. The first kappa shape index (κ1) is 30.2. The number of carbonyl (C=O) groups is 3. The van der Waals surface area contributed by atoms with Gasteiger partial charge in [-0.15, -0.1) is 0 Å². The van der Waals surface area contributed by atoms with Crippen LogP contribution in [0, 0.1) is 6.92 Å². The van der Waals surface area contributed by atoms with E-state index >= 15 is 0 Å². The molecule has 2 N–H and O–H groups in total. The number of fused-ring (bicyclic) bond motifs is 1. The van der Waals surface area contributed by atoms with Gasteiger partial charge >= 0.3 is 12.3 Å². The number of nitrogens with two attached hydrogens (primary N) is 1. The van der Waals surface area contributed by atoms with Crippen LogP contribution >= 0.6 is 0 Å². The van der Waals surface area contributed by atoms with Crippen LogP contribution in [0.5, 0.6) is 5.75 Å². The molecule has 0 spiro atoms. The Bertz CT molecular complexity index is 1250. The smallest absolute Gasteiger partial charge is 0.416 e. The van der Waals surface area contributed by atoms with Gasteiger partial charge in [0.15, 0.2) is 0 Å². The van der Waals surface area contributed by atoms with Gasteiger partial charge in [-0.2, -0.15) is 13.2 Å². The average Bonchev–Trinajstić information content (AvgIpc) is 2.93. The Morgan fingerprint density at radius 3 is 2.46 bits per heavy atom. The van der Waals surface area contributed by atoms with E-state index in [1.807, 2.05) is 12.1 Å². The van der Waals surface area contributed by atoms with E-state index in [1.165, 1.54) is 22.8 Å². The first-order valence-electron chi connectivity index (χ1n) is 13.6. The maximum Gasteiger partial charge on any atom is 0.416 e. The molecule has 41 heavy (non-hydrogen) atoms. The zero-order chi connectivity index (χ0) is 29.7. The summed E-state index contributed by atoms with van der Waals surface area (Å²) < 4.78 is 50.5. The van der Waals surface area contributed by atoms with E-state index in [4.69, 9.17) is 15.2 Å². The number of nitrogens with zero attached hydrogens (tertiary/aromatic N) is 3. The lowest BCUT2D eigenvalue weighted by Crippen LogP contribution is -2.71. The number of ether oxygens (including phenoxy) is 2. The maximum atomic E-state index is 13.6. The molecule has 2 heterocycles. The molecule has 0 aromatic heterocycles. The molecular formula is C29H35F3N4O5.